The Bertz CT molecular complexity index is 85.1. The van der Waals surface area contributed by atoms with Crippen molar-refractivity contribution in [2.45, 2.75) is 0 Å². The zero-order valence-electron chi connectivity index (χ0n) is 5.07. The summed E-state index contributed by atoms with van der Waals surface area (Å²) in [7, 11) is 0. The molecular formula is CN3Na2O3-. The molecule has 8 heteroatoms. The first kappa shape index (κ1) is 22.7. The molecule has 0 amide bonds. The van der Waals surface area contributed by atoms with Crippen LogP contribution in [0, 0.1) is 0 Å². The minimum Gasteiger partial charge on any atom is -0.652 e. The van der Waals surface area contributed by atoms with Crippen molar-refractivity contribution in [1.29, 1.82) is 0 Å². The van der Waals surface area contributed by atoms with Crippen molar-refractivity contribution in [3.05, 3.63) is 16.0 Å². The Morgan fingerprint density at radius 2 is 1.22 bits per heavy atom. The molecule has 0 aliphatic rings. The Hall–Kier alpha value is 0.580. The van der Waals surface area contributed by atoms with Crippen LogP contribution in [-0.2, 0) is 0 Å². The molecule has 0 aromatic rings. The van der Waals surface area contributed by atoms with E-state index in [0.717, 1.165) is 0 Å². The fourth-order valence-electron chi connectivity index (χ4n) is 0. The molecule has 0 aliphatic heterocycles. The SMILES string of the molecule is O=C([O-])[O-].[N-]=[N+]=[N-].[Na+].[Na+]. The minimum absolute atomic E-state index is 0. The van der Waals surface area contributed by atoms with Crippen LogP contribution < -0.4 is 69.3 Å². The molecule has 0 aliphatic carbocycles. The van der Waals surface area contributed by atoms with Gasteiger partial charge in [0.2, 0.25) is 0 Å². The standard InChI is InChI=1S/CH2O3.N3.2Na/c2-1(3)4;1-3-2;;/h(H2,2,3,4);;;/q;-1;2*+1/p-2. The van der Waals surface area contributed by atoms with Crippen LogP contribution in [-0.4, -0.2) is 6.16 Å². The van der Waals surface area contributed by atoms with Crippen molar-refractivity contribution in [2.24, 2.45) is 0 Å². The molecule has 0 aromatic carbocycles. The average molecular weight is 148 g/mol. The molecule has 0 N–H and O–H groups in total. The summed E-state index contributed by atoms with van der Waals surface area (Å²) >= 11 is 0. The molecule has 6 nitrogen and oxygen atoms in total. The molecule has 0 rings (SSSR count). The monoisotopic (exact) mass is 148 g/mol. The summed E-state index contributed by atoms with van der Waals surface area (Å²) in [5, 5.41) is 16.7. The third-order valence-electron chi connectivity index (χ3n) is 0. The Labute approximate surface area is 95.2 Å². The van der Waals surface area contributed by atoms with Gasteiger partial charge in [-0.3, -0.25) is 4.91 Å². The van der Waals surface area contributed by atoms with Crippen molar-refractivity contribution in [3.8, 4) is 0 Å². The van der Waals surface area contributed by atoms with Crippen LogP contribution in [0.5, 0.6) is 0 Å². The molecule has 0 unspecified atom stereocenters. The fraction of sp³-hybridized carbons (Fsp3) is 0. The van der Waals surface area contributed by atoms with Gasteiger partial charge in [-0.25, -0.2) is 0 Å². The van der Waals surface area contributed by atoms with E-state index in [0.29, 0.717) is 0 Å². The predicted octanol–water partition coefficient (Wildman–Crippen LogP) is -7.57. The van der Waals surface area contributed by atoms with Gasteiger partial charge in [0.25, 0.3) is 0 Å². The minimum atomic E-state index is -2.33. The Morgan fingerprint density at radius 3 is 1.22 bits per heavy atom. The Kier molecular flexibility index (Phi) is 59.1. The number of carbonyl (C=O) groups is 1. The quantitative estimate of drug-likeness (QED) is 0.147. The van der Waals surface area contributed by atoms with Crippen molar-refractivity contribution < 1.29 is 74.1 Å². The van der Waals surface area contributed by atoms with Gasteiger partial charge in [0.05, 0.1) is 0 Å². The molecule has 0 saturated heterocycles. The van der Waals surface area contributed by atoms with E-state index in [9.17, 15) is 0 Å². The Balaban J connectivity index is -0.0000000233. The van der Waals surface area contributed by atoms with Gasteiger partial charge in [0.15, 0.2) is 0 Å². The first-order chi connectivity index (χ1) is 3.15. The first-order valence-electron chi connectivity index (χ1n) is 1.01. The fourth-order valence-corrected chi connectivity index (χ4v) is 0. The normalized spacial score (nSPS) is 3.56. The van der Waals surface area contributed by atoms with E-state index in [4.69, 9.17) is 26.1 Å². The first-order valence-corrected chi connectivity index (χ1v) is 1.01. The smallest absolute Gasteiger partial charge is 0.652 e. The van der Waals surface area contributed by atoms with E-state index in [1.54, 1.807) is 0 Å². The van der Waals surface area contributed by atoms with E-state index >= 15 is 0 Å². The van der Waals surface area contributed by atoms with Crippen LogP contribution in [0.4, 0.5) is 4.79 Å². The number of hydrogen-bond acceptors (Lipinski definition) is 3. The number of carbonyl (C=O) groups excluding carboxylic acids is 1. The van der Waals surface area contributed by atoms with Gasteiger partial charge in [-0.05, 0) is 6.16 Å². The summed E-state index contributed by atoms with van der Waals surface area (Å²) in [4.78, 5) is 9.83. The second-order valence-electron chi connectivity index (χ2n) is 0.339. The molecule has 0 spiro atoms. The number of hydrogen-bond donors (Lipinski definition) is 0. The maximum atomic E-state index is 8.33. The molecule has 0 atom stereocenters. The average Bonchev–Trinajstić information content (AvgIpc) is 1.33. The predicted molar refractivity (Wildman–Crippen MR) is 15.5 cm³/mol. The van der Waals surface area contributed by atoms with Gasteiger partial charge < -0.3 is 26.1 Å². The third kappa shape index (κ3) is 1100. The molecular weight excluding hydrogens is 148 g/mol. The van der Waals surface area contributed by atoms with Crippen LogP contribution in [0.3, 0.4) is 0 Å². The van der Waals surface area contributed by atoms with Gasteiger partial charge >= 0.3 is 59.1 Å². The zero-order valence-corrected chi connectivity index (χ0v) is 9.07. The van der Waals surface area contributed by atoms with Crippen molar-refractivity contribution >= 4 is 6.16 Å². The maximum Gasteiger partial charge on any atom is 1.00 e. The largest absolute Gasteiger partial charge is 1.00 e. The van der Waals surface area contributed by atoms with Crippen LogP contribution in [0.25, 0.3) is 16.0 Å². The summed E-state index contributed by atoms with van der Waals surface area (Å²) in [6.45, 7) is 0. The van der Waals surface area contributed by atoms with Gasteiger partial charge in [0, 0.05) is 0 Å². The zero-order chi connectivity index (χ0) is 6.28. The maximum absolute atomic E-state index is 8.33. The summed E-state index contributed by atoms with van der Waals surface area (Å²) < 4.78 is 0. The molecule has 0 aromatic heterocycles. The Morgan fingerprint density at radius 1 is 1.22 bits per heavy atom. The van der Waals surface area contributed by atoms with Gasteiger partial charge in [-0.1, -0.05) is 0 Å². The third-order valence-corrected chi connectivity index (χ3v) is 0. The summed E-state index contributed by atoms with van der Waals surface area (Å²) in [5.41, 5.74) is 13.5. The van der Waals surface area contributed by atoms with E-state index in [-0.39, 0.29) is 59.1 Å². The van der Waals surface area contributed by atoms with Crippen molar-refractivity contribution in [1.82, 2.24) is 0 Å². The molecule has 40 valence electrons. The number of nitrogens with zero attached hydrogens (tertiary/aromatic N) is 3. The van der Waals surface area contributed by atoms with E-state index in [2.05, 4.69) is 0 Å². The number of rotatable bonds is 0. The molecule has 0 heterocycles. The second kappa shape index (κ2) is 23.5. The molecule has 0 saturated carbocycles. The van der Waals surface area contributed by atoms with Gasteiger partial charge in [-0.15, -0.1) is 0 Å². The molecule has 0 fully saturated rings. The summed E-state index contributed by atoms with van der Waals surface area (Å²) in [6, 6.07) is 0. The number of carboxylic acid groups (broad SMARTS) is 2. The van der Waals surface area contributed by atoms with E-state index in [1.807, 2.05) is 0 Å². The molecule has 0 bridgehead atoms. The van der Waals surface area contributed by atoms with Crippen LogP contribution in [0.1, 0.15) is 0 Å². The van der Waals surface area contributed by atoms with Crippen LogP contribution >= 0.6 is 0 Å². The van der Waals surface area contributed by atoms with Gasteiger partial charge in [0.1, 0.15) is 0 Å². The van der Waals surface area contributed by atoms with Crippen molar-refractivity contribution in [2.75, 3.05) is 0 Å². The van der Waals surface area contributed by atoms with E-state index < -0.39 is 6.16 Å². The summed E-state index contributed by atoms with van der Waals surface area (Å²) in [6.07, 6.45) is -2.33. The summed E-state index contributed by atoms with van der Waals surface area (Å²) in [5.74, 6) is 0. The second-order valence-corrected chi connectivity index (χ2v) is 0.339. The van der Waals surface area contributed by atoms with Gasteiger partial charge in [-0.2, -0.15) is 0 Å². The van der Waals surface area contributed by atoms with E-state index in [1.165, 1.54) is 4.91 Å². The molecule has 9 heavy (non-hydrogen) atoms. The van der Waals surface area contributed by atoms with Crippen molar-refractivity contribution in [3.63, 3.8) is 0 Å². The van der Waals surface area contributed by atoms with Crippen LogP contribution in [0.2, 0.25) is 0 Å². The molecule has 0 radical (unpaired) electrons. The van der Waals surface area contributed by atoms with Crippen LogP contribution in [0.15, 0.2) is 0 Å². The topological polar surface area (TPSA) is 122 Å².